The second-order valence-electron chi connectivity index (χ2n) is 3.19. The van der Waals surface area contributed by atoms with Crippen molar-refractivity contribution >= 4 is 17.4 Å². The molecule has 0 fully saturated rings. The summed E-state index contributed by atoms with van der Waals surface area (Å²) < 4.78 is 13.6. The lowest BCUT2D eigenvalue weighted by molar-refractivity contribution is 0.0289. The van der Waals surface area contributed by atoms with Crippen LogP contribution in [0.2, 0.25) is 0 Å². The zero-order valence-corrected chi connectivity index (χ0v) is 9.43. The highest BCUT2D eigenvalue weighted by Crippen LogP contribution is 2.30. The van der Waals surface area contributed by atoms with E-state index in [1.165, 1.54) is 23.9 Å². The van der Waals surface area contributed by atoms with Gasteiger partial charge in [0, 0.05) is 28.3 Å². The molecule has 0 atom stereocenters. The number of pyridine rings is 1. The number of halogens is 1. The molecule has 0 amide bonds. The summed E-state index contributed by atoms with van der Waals surface area (Å²) in [6.07, 6.45) is 3.25. The molecule has 0 aliphatic carbocycles. The largest absolute Gasteiger partial charge is 0.265 e. The lowest BCUT2D eigenvalue weighted by atomic mass is 10.3. The first kappa shape index (κ1) is 11.8. The third-order valence-electron chi connectivity index (χ3n) is 2.02. The third kappa shape index (κ3) is 2.94. The van der Waals surface area contributed by atoms with E-state index in [-0.39, 0.29) is 10.9 Å². The van der Waals surface area contributed by atoms with Crippen molar-refractivity contribution in [1.82, 2.24) is 4.98 Å². The molecule has 4 nitrogen and oxygen atoms in total. The number of benzene rings is 1. The van der Waals surface area contributed by atoms with Gasteiger partial charge in [0.2, 0.25) is 0 Å². The van der Waals surface area contributed by atoms with Crippen molar-refractivity contribution in [2.75, 3.05) is 5.23 Å². The van der Waals surface area contributed by atoms with Crippen LogP contribution < -0.4 is 5.23 Å². The van der Waals surface area contributed by atoms with E-state index >= 15 is 0 Å². The van der Waals surface area contributed by atoms with Crippen LogP contribution >= 0.6 is 11.8 Å². The van der Waals surface area contributed by atoms with Crippen molar-refractivity contribution in [1.29, 1.82) is 0 Å². The van der Waals surface area contributed by atoms with Gasteiger partial charge in [-0.3, -0.25) is 15.4 Å². The molecular weight excluding hydrogens is 243 g/mol. The van der Waals surface area contributed by atoms with Gasteiger partial charge in [-0.25, -0.2) is 4.39 Å². The van der Waals surface area contributed by atoms with Crippen LogP contribution in [0.5, 0.6) is 0 Å². The van der Waals surface area contributed by atoms with Gasteiger partial charge in [0.25, 0.3) is 0 Å². The fourth-order valence-corrected chi connectivity index (χ4v) is 2.03. The Hall–Kier alpha value is -1.63. The fourth-order valence-electron chi connectivity index (χ4n) is 1.23. The second-order valence-corrected chi connectivity index (χ2v) is 4.30. The zero-order chi connectivity index (χ0) is 12.3. The average Bonchev–Trinajstić information content (AvgIpc) is 2.33. The molecule has 0 saturated heterocycles. The molecule has 0 radical (unpaired) electrons. The zero-order valence-electron chi connectivity index (χ0n) is 8.62. The highest BCUT2D eigenvalue weighted by molar-refractivity contribution is 7.99. The quantitative estimate of drug-likeness (QED) is 0.822. The van der Waals surface area contributed by atoms with Gasteiger partial charge < -0.3 is 0 Å². The normalized spacial score (nSPS) is 10.3. The molecule has 1 heterocycles. The monoisotopic (exact) mass is 252 g/mol. The van der Waals surface area contributed by atoms with Gasteiger partial charge in [0.1, 0.15) is 5.82 Å². The minimum absolute atomic E-state index is 0.0263. The first-order valence-corrected chi connectivity index (χ1v) is 5.54. The van der Waals surface area contributed by atoms with Crippen LogP contribution in [0, 0.1) is 5.82 Å². The summed E-state index contributed by atoms with van der Waals surface area (Å²) in [5.74, 6) is -0.516. The highest BCUT2D eigenvalue weighted by atomic mass is 32.2. The maximum Gasteiger partial charge on any atom is 0.139 e. The third-order valence-corrected chi connectivity index (χ3v) is 3.08. The summed E-state index contributed by atoms with van der Waals surface area (Å²) in [6, 6.07) is 7.47. The Kier molecular flexibility index (Phi) is 3.58. The number of anilines is 1. The Labute approximate surface area is 101 Å². The fraction of sp³-hybridized carbons (Fsp3) is 0. The van der Waals surface area contributed by atoms with E-state index < -0.39 is 5.82 Å². The molecule has 6 heteroatoms. The molecule has 1 aromatic heterocycles. The number of hydrogen-bond acceptors (Lipinski definition) is 5. The Bertz CT molecular complexity index is 508. The van der Waals surface area contributed by atoms with Crippen molar-refractivity contribution in [3.8, 4) is 0 Å². The van der Waals surface area contributed by atoms with Gasteiger partial charge >= 0.3 is 0 Å². The molecule has 88 valence electrons. The summed E-state index contributed by atoms with van der Waals surface area (Å²) in [7, 11) is 0. The van der Waals surface area contributed by atoms with Gasteiger partial charge in [0.15, 0.2) is 0 Å². The first-order chi connectivity index (χ1) is 8.16. The molecule has 17 heavy (non-hydrogen) atoms. The number of rotatable bonds is 3. The molecule has 2 rings (SSSR count). The standard InChI is InChI=1S/C11H9FN2O2S/c12-10-7-8(14(15)16)1-2-11(10)17-9-3-5-13-6-4-9/h1-7,15-16H. The minimum Gasteiger partial charge on any atom is -0.265 e. The lowest BCUT2D eigenvalue weighted by Crippen LogP contribution is -2.10. The SMILES string of the molecule is ON(O)c1ccc(Sc2ccncc2)c(F)c1. The summed E-state index contributed by atoms with van der Waals surface area (Å²) >= 11 is 1.24. The summed E-state index contributed by atoms with van der Waals surface area (Å²) in [5.41, 5.74) is -0.0263. The average molecular weight is 252 g/mol. The lowest BCUT2D eigenvalue weighted by Gasteiger charge is -2.09. The van der Waals surface area contributed by atoms with Gasteiger partial charge in [-0.15, -0.1) is 5.23 Å². The van der Waals surface area contributed by atoms with Crippen LogP contribution in [0.3, 0.4) is 0 Å². The number of nitrogens with zero attached hydrogens (tertiary/aromatic N) is 2. The molecule has 0 saturated carbocycles. The predicted octanol–water partition coefficient (Wildman–Crippen LogP) is 2.96. The Balaban J connectivity index is 2.23. The minimum atomic E-state index is -0.516. The topological polar surface area (TPSA) is 56.6 Å². The van der Waals surface area contributed by atoms with Crippen molar-refractivity contribution in [3.05, 3.63) is 48.5 Å². The summed E-state index contributed by atoms with van der Waals surface area (Å²) in [6.45, 7) is 0. The maximum atomic E-state index is 13.6. The van der Waals surface area contributed by atoms with E-state index in [4.69, 9.17) is 10.4 Å². The van der Waals surface area contributed by atoms with Gasteiger partial charge in [-0.05, 0) is 24.3 Å². The van der Waals surface area contributed by atoms with Crippen molar-refractivity contribution in [3.63, 3.8) is 0 Å². The second kappa shape index (κ2) is 5.13. The van der Waals surface area contributed by atoms with Crippen molar-refractivity contribution in [2.24, 2.45) is 0 Å². The van der Waals surface area contributed by atoms with E-state index in [0.717, 1.165) is 11.0 Å². The summed E-state index contributed by atoms with van der Waals surface area (Å²) in [5, 5.41) is 17.4. The molecule has 0 unspecified atom stereocenters. The first-order valence-electron chi connectivity index (χ1n) is 4.72. The van der Waals surface area contributed by atoms with Crippen LogP contribution in [0.4, 0.5) is 10.1 Å². The van der Waals surface area contributed by atoms with E-state index in [1.54, 1.807) is 24.5 Å². The Morgan fingerprint density at radius 1 is 1.12 bits per heavy atom. The van der Waals surface area contributed by atoms with Gasteiger partial charge in [-0.1, -0.05) is 11.8 Å². The molecule has 2 aromatic rings. The molecule has 1 aromatic carbocycles. The number of hydrogen-bond donors (Lipinski definition) is 2. The maximum absolute atomic E-state index is 13.6. The van der Waals surface area contributed by atoms with Crippen molar-refractivity contribution < 1.29 is 14.8 Å². The highest BCUT2D eigenvalue weighted by Gasteiger charge is 2.07. The van der Waals surface area contributed by atoms with E-state index in [2.05, 4.69) is 4.98 Å². The van der Waals surface area contributed by atoms with Crippen LogP contribution in [0.25, 0.3) is 0 Å². The van der Waals surface area contributed by atoms with E-state index in [0.29, 0.717) is 4.90 Å². The molecule has 0 spiro atoms. The Morgan fingerprint density at radius 3 is 2.41 bits per heavy atom. The van der Waals surface area contributed by atoms with E-state index in [9.17, 15) is 4.39 Å². The molecule has 0 aliphatic heterocycles. The summed E-state index contributed by atoms with van der Waals surface area (Å²) in [4.78, 5) is 5.13. The predicted molar refractivity (Wildman–Crippen MR) is 60.8 cm³/mol. The van der Waals surface area contributed by atoms with Crippen LogP contribution in [-0.2, 0) is 0 Å². The van der Waals surface area contributed by atoms with Gasteiger partial charge in [0.05, 0.1) is 5.69 Å². The van der Waals surface area contributed by atoms with E-state index in [1.807, 2.05) is 0 Å². The molecule has 2 N–H and O–H groups in total. The van der Waals surface area contributed by atoms with Crippen LogP contribution in [-0.4, -0.2) is 15.4 Å². The van der Waals surface area contributed by atoms with Crippen LogP contribution in [0.15, 0.2) is 52.5 Å². The van der Waals surface area contributed by atoms with Gasteiger partial charge in [-0.2, -0.15) is 0 Å². The molecule has 0 bridgehead atoms. The molecular formula is C11H9FN2O2S. The van der Waals surface area contributed by atoms with Crippen molar-refractivity contribution in [2.45, 2.75) is 9.79 Å². The molecule has 0 aliphatic rings. The van der Waals surface area contributed by atoms with Crippen LogP contribution in [0.1, 0.15) is 0 Å². The smallest absolute Gasteiger partial charge is 0.139 e. The Morgan fingerprint density at radius 2 is 1.82 bits per heavy atom. The number of aromatic nitrogens is 1.